The Kier molecular flexibility index (Phi) is 3.65. The van der Waals surface area contributed by atoms with E-state index in [9.17, 15) is 0 Å². The smallest absolute Gasteiger partial charge is 0.183 e. The van der Waals surface area contributed by atoms with E-state index in [1.165, 1.54) is 6.33 Å². The zero-order valence-electron chi connectivity index (χ0n) is 11.5. The number of aromatic nitrogens is 4. The van der Waals surface area contributed by atoms with Crippen LogP contribution < -0.4 is 10.1 Å². The summed E-state index contributed by atoms with van der Waals surface area (Å²) in [6, 6.07) is 7.59. The van der Waals surface area contributed by atoms with Crippen LogP contribution >= 0.6 is 0 Å². The second-order valence-electron chi connectivity index (χ2n) is 4.39. The molecule has 7 heteroatoms. The number of rotatable bonds is 5. The van der Waals surface area contributed by atoms with Crippen LogP contribution in [0.5, 0.6) is 5.75 Å². The molecule has 2 aromatic heterocycles. The summed E-state index contributed by atoms with van der Waals surface area (Å²) >= 11 is 0. The first kappa shape index (κ1) is 13.3. The second-order valence-corrected chi connectivity index (χ2v) is 4.39. The highest BCUT2D eigenvalue weighted by atomic mass is 16.5. The van der Waals surface area contributed by atoms with Gasteiger partial charge in [0, 0.05) is 12.1 Å². The number of hydrogen-bond donors (Lipinski definition) is 3. The Morgan fingerprint density at radius 2 is 2.05 bits per heavy atom. The SMILES string of the molecule is COc1ccc(-c2nc3ncnc(NCCO)c3[nH]2)cc1. The van der Waals surface area contributed by atoms with Crippen molar-refractivity contribution in [1.82, 2.24) is 19.9 Å². The summed E-state index contributed by atoms with van der Waals surface area (Å²) in [4.78, 5) is 16.0. The van der Waals surface area contributed by atoms with E-state index in [0.717, 1.165) is 16.8 Å². The number of ether oxygens (including phenoxy) is 1. The van der Waals surface area contributed by atoms with E-state index in [2.05, 4.69) is 25.3 Å². The molecule has 3 rings (SSSR count). The first-order valence-corrected chi connectivity index (χ1v) is 6.51. The fraction of sp³-hybridized carbons (Fsp3) is 0.214. The van der Waals surface area contributed by atoms with E-state index in [1.54, 1.807) is 7.11 Å². The van der Waals surface area contributed by atoms with Crippen LogP contribution in [0.25, 0.3) is 22.6 Å². The standard InChI is InChI=1S/C14H15N5O2/c1-21-10-4-2-9(3-5-10)12-18-11-13(15-6-7-20)16-8-17-14(11)19-12/h2-5,8,20H,6-7H2,1H3,(H2,15,16,17,18,19). The molecule has 7 nitrogen and oxygen atoms in total. The summed E-state index contributed by atoms with van der Waals surface area (Å²) < 4.78 is 5.14. The lowest BCUT2D eigenvalue weighted by molar-refractivity contribution is 0.311. The number of fused-ring (bicyclic) bond motifs is 1. The normalized spacial score (nSPS) is 10.8. The summed E-state index contributed by atoms with van der Waals surface area (Å²) in [5.41, 5.74) is 2.23. The number of aliphatic hydroxyl groups excluding tert-OH is 1. The van der Waals surface area contributed by atoms with E-state index >= 15 is 0 Å². The van der Waals surface area contributed by atoms with E-state index in [0.29, 0.717) is 23.8 Å². The van der Waals surface area contributed by atoms with Crippen LogP contribution in [0.3, 0.4) is 0 Å². The van der Waals surface area contributed by atoms with Crippen LogP contribution in [-0.2, 0) is 0 Å². The van der Waals surface area contributed by atoms with Crippen molar-refractivity contribution in [3.63, 3.8) is 0 Å². The average Bonchev–Trinajstić information content (AvgIpc) is 2.97. The van der Waals surface area contributed by atoms with Crippen molar-refractivity contribution in [3.05, 3.63) is 30.6 Å². The highest BCUT2D eigenvalue weighted by Crippen LogP contribution is 2.24. The number of methoxy groups -OCH3 is 1. The van der Waals surface area contributed by atoms with E-state index < -0.39 is 0 Å². The van der Waals surface area contributed by atoms with Crippen LogP contribution in [0, 0.1) is 0 Å². The maximum absolute atomic E-state index is 8.89. The molecule has 0 radical (unpaired) electrons. The molecule has 108 valence electrons. The van der Waals surface area contributed by atoms with Crippen LogP contribution in [0.15, 0.2) is 30.6 Å². The molecule has 0 bridgehead atoms. The quantitative estimate of drug-likeness (QED) is 0.656. The van der Waals surface area contributed by atoms with Crippen molar-refractivity contribution < 1.29 is 9.84 Å². The van der Waals surface area contributed by atoms with Crippen LogP contribution in [0.1, 0.15) is 0 Å². The molecular formula is C14H15N5O2. The highest BCUT2D eigenvalue weighted by Gasteiger charge is 2.10. The van der Waals surface area contributed by atoms with E-state index in [4.69, 9.17) is 9.84 Å². The molecule has 0 spiro atoms. The molecule has 0 saturated carbocycles. The van der Waals surface area contributed by atoms with Gasteiger partial charge in [0.05, 0.1) is 13.7 Å². The van der Waals surface area contributed by atoms with Crippen molar-refractivity contribution in [1.29, 1.82) is 0 Å². The molecule has 0 aliphatic carbocycles. The lowest BCUT2D eigenvalue weighted by Crippen LogP contribution is -2.07. The molecule has 0 saturated heterocycles. The minimum absolute atomic E-state index is 0.0327. The van der Waals surface area contributed by atoms with Crippen LogP contribution in [-0.4, -0.2) is 45.3 Å². The molecular weight excluding hydrogens is 270 g/mol. The van der Waals surface area contributed by atoms with Gasteiger partial charge in [-0.3, -0.25) is 0 Å². The van der Waals surface area contributed by atoms with Gasteiger partial charge in [-0.1, -0.05) is 0 Å². The van der Waals surface area contributed by atoms with Crippen molar-refractivity contribution in [2.75, 3.05) is 25.6 Å². The predicted molar refractivity (Wildman–Crippen MR) is 79.2 cm³/mol. The van der Waals surface area contributed by atoms with Gasteiger partial charge in [0.25, 0.3) is 0 Å². The summed E-state index contributed by atoms with van der Waals surface area (Å²) in [5.74, 6) is 2.13. The zero-order chi connectivity index (χ0) is 14.7. The van der Waals surface area contributed by atoms with E-state index in [-0.39, 0.29) is 6.61 Å². The van der Waals surface area contributed by atoms with Gasteiger partial charge in [-0.05, 0) is 24.3 Å². The minimum atomic E-state index is 0.0327. The first-order valence-electron chi connectivity index (χ1n) is 6.51. The Morgan fingerprint density at radius 3 is 2.76 bits per heavy atom. The number of aliphatic hydroxyl groups is 1. The van der Waals surface area contributed by atoms with Crippen molar-refractivity contribution in [2.45, 2.75) is 0 Å². The number of benzene rings is 1. The average molecular weight is 285 g/mol. The number of nitrogens with one attached hydrogen (secondary N) is 2. The van der Waals surface area contributed by atoms with Crippen molar-refractivity contribution in [2.24, 2.45) is 0 Å². The van der Waals surface area contributed by atoms with Crippen molar-refractivity contribution in [3.8, 4) is 17.1 Å². The number of hydrogen-bond acceptors (Lipinski definition) is 6. The number of imidazole rings is 1. The molecule has 3 aromatic rings. The zero-order valence-corrected chi connectivity index (χ0v) is 11.5. The molecule has 2 heterocycles. The Morgan fingerprint density at radius 1 is 1.24 bits per heavy atom. The molecule has 0 amide bonds. The Balaban J connectivity index is 1.99. The molecule has 21 heavy (non-hydrogen) atoms. The summed E-state index contributed by atoms with van der Waals surface area (Å²) in [6.45, 7) is 0.452. The van der Waals surface area contributed by atoms with Crippen LogP contribution in [0.4, 0.5) is 5.82 Å². The van der Waals surface area contributed by atoms with Gasteiger partial charge in [0.2, 0.25) is 0 Å². The molecule has 1 aromatic carbocycles. The monoisotopic (exact) mass is 285 g/mol. The lowest BCUT2D eigenvalue weighted by Gasteiger charge is -2.02. The number of H-pyrrole nitrogens is 1. The molecule has 3 N–H and O–H groups in total. The Hall–Kier alpha value is -2.67. The number of aromatic amines is 1. The Labute approximate surface area is 121 Å². The Bertz CT molecular complexity index is 739. The fourth-order valence-corrected chi connectivity index (χ4v) is 2.02. The molecule has 0 fully saturated rings. The van der Waals surface area contributed by atoms with Gasteiger partial charge >= 0.3 is 0 Å². The lowest BCUT2D eigenvalue weighted by atomic mass is 10.2. The van der Waals surface area contributed by atoms with Crippen LogP contribution in [0.2, 0.25) is 0 Å². The van der Waals surface area contributed by atoms with Crippen molar-refractivity contribution >= 4 is 17.0 Å². The third kappa shape index (κ3) is 2.63. The maximum Gasteiger partial charge on any atom is 0.183 e. The number of nitrogens with zero attached hydrogens (tertiary/aromatic N) is 3. The predicted octanol–water partition coefficient (Wildman–Crippen LogP) is 1.43. The summed E-state index contributed by atoms with van der Waals surface area (Å²) in [5, 5.41) is 11.9. The third-order valence-electron chi connectivity index (χ3n) is 3.06. The summed E-state index contributed by atoms with van der Waals surface area (Å²) in [6.07, 6.45) is 1.45. The first-order chi connectivity index (χ1) is 10.3. The topological polar surface area (TPSA) is 96.0 Å². The molecule has 0 atom stereocenters. The molecule has 0 aliphatic rings. The van der Waals surface area contributed by atoms with Gasteiger partial charge < -0.3 is 20.1 Å². The van der Waals surface area contributed by atoms with E-state index in [1.807, 2.05) is 24.3 Å². The molecule has 0 unspecified atom stereocenters. The maximum atomic E-state index is 8.89. The fourth-order valence-electron chi connectivity index (χ4n) is 2.02. The van der Waals surface area contributed by atoms with Gasteiger partial charge in [-0.15, -0.1) is 0 Å². The number of anilines is 1. The second kappa shape index (κ2) is 5.76. The minimum Gasteiger partial charge on any atom is -0.497 e. The van der Waals surface area contributed by atoms with Gasteiger partial charge in [0.15, 0.2) is 11.5 Å². The highest BCUT2D eigenvalue weighted by molar-refractivity contribution is 5.85. The van der Waals surface area contributed by atoms with Gasteiger partial charge in [0.1, 0.15) is 23.4 Å². The third-order valence-corrected chi connectivity index (χ3v) is 3.06. The van der Waals surface area contributed by atoms with Gasteiger partial charge in [-0.2, -0.15) is 0 Å². The van der Waals surface area contributed by atoms with Gasteiger partial charge in [-0.25, -0.2) is 15.0 Å². The summed E-state index contributed by atoms with van der Waals surface area (Å²) in [7, 11) is 1.63. The molecule has 0 aliphatic heterocycles. The largest absolute Gasteiger partial charge is 0.497 e.